The third kappa shape index (κ3) is 3.22. The summed E-state index contributed by atoms with van der Waals surface area (Å²) >= 11 is 0. The van der Waals surface area contributed by atoms with E-state index in [1.807, 2.05) is 0 Å². The molecule has 2 nitrogen and oxygen atoms in total. The first-order valence-corrected chi connectivity index (χ1v) is 9.22. The van der Waals surface area contributed by atoms with Crippen molar-refractivity contribution in [1.29, 1.82) is 0 Å². The van der Waals surface area contributed by atoms with Crippen molar-refractivity contribution in [3.05, 3.63) is 62.8 Å². The quantitative estimate of drug-likeness (QED) is 0.853. The van der Waals surface area contributed by atoms with Crippen LogP contribution in [0.5, 0.6) is 0 Å². The van der Waals surface area contributed by atoms with Crippen molar-refractivity contribution < 1.29 is 0 Å². The lowest BCUT2D eigenvalue weighted by Crippen LogP contribution is -2.47. The van der Waals surface area contributed by atoms with Crippen molar-refractivity contribution >= 4 is 12.3 Å². The Kier molecular flexibility index (Phi) is 4.49. The van der Waals surface area contributed by atoms with Crippen molar-refractivity contribution in [2.24, 2.45) is 5.92 Å². The molecule has 132 valence electrons. The van der Waals surface area contributed by atoms with Gasteiger partial charge in [0.1, 0.15) is 0 Å². The number of benzene rings is 1. The average Bonchev–Trinajstić information content (AvgIpc) is 2.51. The summed E-state index contributed by atoms with van der Waals surface area (Å²) in [6, 6.07) is 8.97. The molecule has 0 saturated heterocycles. The smallest absolute Gasteiger partial charge is 0.0827 e. The zero-order valence-electron chi connectivity index (χ0n) is 16.6. The van der Waals surface area contributed by atoms with Gasteiger partial charge in [-0.25, -0.2) is 0 Å². The number of aryl methyl sites for hydroxylation is 2. The minimum atomic E-state index is -0.183. The maximum atomic E-state index is 4.97. The van der Waals surface area contributed by atoms with Crippen molar-refractivity contribution in [2.75, 3.05) is 7.05 Å². The zero-order chi connectivity index (χ0) is 18.4. The van der Waals surface area contributed by atoms with Gasteiger partial charge in [-0.2, -0.15) is 0 Å². The van der Waals surface area contributed by atoms with Crippen LogP contribution in [0, 0.1) is 26.7 Å². The van der Waals surface area contributed by atoms with Crippen LogP contribution >= 0.6 is 0 Å². The van der Waals surface area contributed by atoms with Gasteiger partial charge in [0.05, 0.1) is 10.9 Å². The molecule has 1 aromatic heterocycles. The molecular formula is C23H30N2. The summed E-state index contributed by atoms with van der Waals surface area (Å²) in [5.41, 5.74) is 6.40. The molecule has 2 heteroatoms. The lowest BCUT2D eigenvalue weighted by Gasteiger charge is -2.39. The molecule has 3 rings (SSSR count). The van der Waals surface area contributed by atoms with Crippen LogP contribution in [0.1, 0.15) is 48.7 Å². The minimum absolute atomic E-state index is 0.183. The molecule has 1 unspecified atom stereocenters. The van der Waals surface area contributed by atoms with Gasteiger partial charge in [0.15, 0.2) is 0 Å². The van der Waals surface area contributed by atoms with Crippen LogP contribution in [0.4, 0.5) is 0 Å². The third-order valence-electron chi connectivity index (χ3n) is 5.47. The van der Waals surface area contributed by atoms with E-state index in [4.69, 9.17) is 4.98 Å². The van der Waals surface area contributed by atoms with Gasteiger partial charge in [-0.1, -0.05) is 31.5 Å². The number of rotatable bonds is 3. The fourth-order valence-electron chi connectivity index (χ4n) is 3.83. The van der Waals surface area contributed by atoms with E-state index in [2.05, 4.69) is 90.0 Å². The number of aromatic nitrogens is 1. The normalized spacial score (nSPS) is 19.4. The second-order valence-electron chi connectivity index (χ2n) is 8.16. The van der Waals surface area contributed by atoms with E-state index in [9.17, 15) is 0 Å². The molecule has 2 heterocycles. The SMILES string of the molecule is Cc1cc(C)c(C)c(C2(C)C=c3nc(CC(C)C)ccc3=CN2C)c1. The first-order chi connectivity index (χ1) is 11.7. The average molecular weight is 335 g/mol. The summed E-state index contributed by atoms with van der Waals surface area (Å²) in [7, 11) is 2.17. The highest BCUT2D eigenvalue weighted by molar-refractivity contribution is 5.55. The summed E-state index contributed by atoms with van der Waals surface area (Å²) in [6.45, 7) is 13.4. The number of pyridine rings is 1. The molecule has 0 aliphatic carbocycles. The fraction of sp³-hybridized carbons (Fsp3) is 0.435. The molecule has 0 bridgehead atoms. The molecule has 0 spiro atoms. The Morgan fingerprint density at radius 1 is 1.12 bits per heavy atom. The summed E-state index contributed by atoms with van der Waals surface area (Å²) in [4.78, 5) is 7.29. The number of fused-ring (bicyclic) bond motifs is 1. The van der Waals surface area contributed by atoms with Gasteiger partial charge in [-0.15, -0.1) is 0 Å². The van der Waals surface area contributed by atoms with Gasteiger partial charge in [-0.05, 0) is 74.9 Å². The van der Waals surface area contributed by atoms with Crippen molar-refractivity contribution in [2.45, 2.75) is 53.5 Å². The molecule has 1 aliphatic rings. The highest BCUT2D eigenvalue weighted by Gasteiger charge is 2.31. The van der Waals surface area contributed by atoms with Gasteiger partial charge >= 0.3 is 0 Å². The maximum Gasteiger partial charge on any atom is 0.0827 e. The minimum Gasteiger partial charge on any atom is -0.367 e. The van der Waals surface area contributed by atoms with Crippen molar-refractivity contribution in [1.82, 2.24) is 9.88 Å². The molecule has 1 atom stereocenters. The lowest BCUT2D eigenvalue weighted by atomic mass is 9.83. The van der Waals surface area contributed by atoms with Crippen LogP contribution in [0.2, 0.25) is 0 Å². The van der Waals surface area contributed by atoms with Crippen molar-refractivity contribution in [3.8, 4) is 0 Å². The summed E-state index contributed by atoms with van der Waals surface area (Å²) in [5.74, 6) is 0.619. The standard InChI is InChI=1S/C23H30N2/c1-15(2)10-20-9-8-19-14-25(7)23(6,13-22(19)24-20)21-12-16(3)11-17(4)18(21)5/h8-9,11-15H,10H2,1-7H3. The van der Waals surface area contributed by atoms with E-state index in [1.54, 1.807) is 0 Å². The Balaban J connectivity index is 2.20. The summed E-state index contributed by atoms with van der Waals surface area (Å²) < 4.78 is 0. The molecule has 1 aromatic carbocycles. The Labute approximate surface area is 151 Å². The topological polar surface area (TPSA) is 16.1 Å². The molecule has 0 fully saturated rings. The van der Waals surface area contributed by atoms with Crippen LogP contribution in [0.15, 0.2) is 24.3 Å². The Hall–Kier alpha value is -2.09. The van der Waals surface area contributed by atoms with Crippen LogP contribution in [0.3, 0.4) is 0 Å². The Morgan fingerprint density at radius 3 is 2.52 bits per heavy atom. The molecule has 1 aliphatic heterocycles. The van der Waals surface area contributed by atoms with Crippen LogP contribution < -0.4 is 10.6 Å². The zero-order valence-corrected chi connectivity index (χ0v) is 16.6. The van der Waals surface area contributed by atoms with E-state index in [0.29, 0.717) is 5.92 Å². The van der Waals surface area contributed by atoms with E-state index >= 15 is 0 Å². The second-order valence-corrected chi connectivity index (χ2v) is 8.16. The molecular weight excluding hydrogens is 304 g/mol. The van der Waals surface area contributed by atoms with E-state index in [0.717, 1.165) is 11.8 Å². The van der Waals surface area contributed by atoms with E-state index in [1.165, 1.54) is 33.2 Å². The maximum absolute atomic E-state index is 4.97. The van der Waals surface area contributed by atoms with Crippen molar-refractivity contribution in [3.63, 3.8) is 0 Å². The van der Waals surface area contributed by atoms with Crippen LogP contribution in [-0.4, -0.2) is 16.9 Å². The Morgan fingerprint density at radius 2 is 1.84 bits per heavy atom. The van der Waals surface area contributed by atoms with E-state index < -0.39 is 0 Å². The van der Waals surface area contributed by atoms with Crippen LogP contribution in [0.25, 0.3) is 12.3 Å². The highest BCUT2D eigenvalue weighted by Crippen LogP contribution is 2.34. The third-order valence-corrected chi connectivity index (χ3v) is 5.47. The van der Waals surface area contributed by atoms with Gasteiger partial charge in [0, 0.05) is 24.2 Å². The van der Waals surface area contributed by atoms with E-state index in [-0.39, 0.29) is 5.54 Å². The van der Waals surface area contributed by atoms with Gasteiger partial charge < -0.3 is 4.90 Å². The molecule has 0 N–H and O–H groups in total. The molecule has 0 radical (unpaired) electrons. The van der Waals surface area contributed by atoms with Gasteiger partial charge in [0.2, 0.25) is 0 Å². The predicted molar refractivity (Wildman–Crippen MR) is 107 cm³/mol. The first kappa shape index (κ1) is 17.7. The van der Waals surface area contributed by atoms with Crippen LogP contribution in [-0.2, 0) is 12.0 Å². The summed E-state index contributed by atoms with van der Waals surface area (Å²) in [6.07, 6.45) is 5.60. The summed E-state index contributed by atoms with van der Waals surface area (Å²) in [5, 5.41) is 2.31. The lowest BCUT2D eigenvalue weighted by molar-refractivity contribution is 0.308. The van der Waals surface area contributed by atoms with Gasteiger partial charge in [0.25, 0.3) is 0 Å². The number of nitrogens with zero attached hydrogens (tertiary/aromatic N) is 2. The molecule has 25 heavy (non-hydrogen) atoms. The molecule has 0 amide bonds. The monoisotopic (exact) mass is 334 g/mol. The molecule has 0 saturated carbocycles. The largest absolute Gasteiger partial charge is 0.367 e. The number of hydrogen-bond acceptors (Lipinski definition) is 2. The Bertz CT molecular complexity index is 924. The van der Waals surface area contributed by atoms with Gasteiger partial charge in [-0.3, -0.25) is 4.98 Å². The molecule has 2 aromatic rings. The second kappa shape index (κ2) is 6.33. The highest BCUT2D eigenvalue weighted by atomic mass is 15.2. The first-order valence-electron chi connectivity index (χ1n) is 9.22. The number of hydrogen-bond donors (Lipinski definition) is 0. The predicted octanol–water partition coefficient (Wildman–Crippen LogP) is 3.58. The fourth-order valence-corrected chi connectivity index (χ4v) is 3.83.